The first-order valence-corrected chi connectivity index (χ1v) is 7.37. The summed E-state index contributed by atoms with van der Waals surface area (Å²) in [7, 11) is 1.97. The lowest BCUT2D eigenvalue weighted by Crippen LogP contribution is -2.43. The fourth-order valence-corrected chi connectivity index (χ4v) is 3.50. The highest BCUT2D eigenvalue weighted by atomic mass is 16.5. The lowest BCUT2D eigenvalue weighted by atomic mass is 9.58. The van der Waals surface area contributed by atoms with Gasteiger partial charge >= 0.3 is 0 Å². The molecule has 0 aliphatic heterocycles. The van der Waals surface area contributed by atoms with E-state index in [1.54, 1.807) is 12.4 Å². The number of hydrogen-bond acceptors (Lipinski definition) is 4. The summed E-state index contributed by atoms with van der Waals surface area (Å²) in [5.74, 6) is 4.80. The fourth-order valence-electron chi connectivity index (χ4n) is 3.50. The first kappa shape index (κ1) is 14.5. The molecule has 2 aromatic rings. The largest absolute Gasteiger partial charge is 0.481 e. The summed E-state index contributed by atoms with van der Waals surface area (Å²) in [6.45, 7) is 2.48. The number of nitrogens with zero attached hydrogens (tertiary/aromatic N) is 3. The second-order valence-electron chi connectivity index (χ2n) is 6.14. The van der Waals surface area contributed by atoms with E-state index in [1.807, 2.05) is 23.7 Å². The van der Waals surface area contributed by atoms with Crippen LogP contribution in [0.4, 0.5) is 5.69 Å². The molecule has 0 saturated heterocycles. The summed E-state index contributed by atoms with van der Waals surface area (Å²) in [6, 6.07) is 5.82. The molecule has 0 unspecified atom stereocenters. The minimum absolute atomic E-state index is 0.145. The van der Waals surface area contributed by atoms with E-state index in [2.05, 4.69) is 23.0 Å². The zero-order valence-corrected chi connectivity index (χ0v) is 12.9. The van der Waals surface area contributed by atoms with Gasteiger partial charge < -0.3 is 15.0 Å². The molecule has 2 N–H and O–H groups in total. The predicted octanol–water partition coefficient (Wildman–Crippen LogP) is 2.13. The zero-order valence-electron chi connectivity index (χ0n) is 12.9. The molecule has 1 aliphatic carbocycles. The molecule has 0 atom stereocenters. The van der Waals surface area contributed by atoms with Crippen molar-refractivity contribution in [2.45, 2.75) is 25.2 Å². The molecule has 1 heterocycles. The van der Waals surface area contributed by atoms with Gasteiger partial charge in [-0.15, -0.1) is 16.6 Å². The number of aromatic nitrogens is 3. The van der Waals surface area contributed by atoms with E-state index < -0.39 is 0 Å². The fraction of sp³-hybridized carbons (Fsp3) is 0.412. The summed E-state index contributed by atoms with van der Waals surface area (Å²) in [5, 5.41) is 8.38. The Labute approximate surface area is 130 Å². The number of nitrogen functional groups attached to an aromatic ring is 1. The number of rotatable bonds is 4. The maximum absolute atomic E-state index is 6.06. The van der Waals surface area contributed by atoms with Gasteiger partial charge in [0.1, 0.15) is 24.5 Å². The molecule has 1 fully saturated rings. The molecule has 1 aliphatic rings. The average Bonchev–Trinajstić information content (AvgIpc) is 2.87. The lowest BCUT2D eigenvalue weighted by molar-refractivity contribution is 0.185. The van der Waals surface area contributed by atoms with Crippen molar-refractivity contribution in [3.63, 3.8) is 0 Å². The lowest BCUT2D eigenvalue weighted by Gasteiger charge is -2.46. The molecule has 5 heteroatoms. The molecular formula is C17H20N4O. The van der Waals surface area contributed by atoms with Gasteiger partial charge in [-0.3, -0.25) is 0 Å². The van der Waals surface area contributed by atoms with Crippen molar-refractivity contribution in [1.29, 1.82) is 0 Å². The summed E-state index contributed by atoms with van der Waals surface area (Å²) in [6.07, 6.45) is 9.05. The molecule has 0 bridgehead atoms. The third kappa shape index (κ3) is 2.31. The highest BCUT2D eigenvalue weighted by Gasteiger charge is 2.48. The molecule has 5 nitrogen and oxygen atoms in total. The van der Waals surface area contributed by atoms with E-state index in [0.29, 0.717) is 17.4 Å². The minimum Gasteiger partial charge on any atom is -0.481 e. The molecule has 1 aromatic carbocycles. The van der Waals surface area contributed by atoms with Crippen molar-refractivity contribution in [3.8, 4) is 18.1 Å². The Morgan fingerprint density at radius 1 is 1.45 bits per heavy atom. The number of aryl methyl sites for hydroxylation is 1. The van der Waals surface area contributed by atoms with Crippen LogP contribution in [0.2, 0.25) is 0 Å². The zero-order chi connectivity index (χ0) is 15.7. The summed E-state index contributed by atoms with van der Waals surface area (Å²) in [5.41, 5.74) is 7.70. The number of ether oxygens (including phenoxy) is 1. The second-order valence-corrected chi connectivity index (χ2v) is 6.14. The van der Waals surface area contributed by atoms with E-state index in [4.69, 9.17) is 16.9 Å². The number of hydrogen-bond donors (Lipinski definition) is 1. The Morgan fingerprint density at radius 3 is 2.82 bits per heavy atom. The third-order valence-electron chi connectivity index (χ3n) is 4.34. The quantitative estimate of drug-likeness (QED) is 0.693. The molecule has 0 spiro atoms. The van der Waals surface area contributed by atoms with Gasteiger partial charge in [0.2, 0.25) is 0 Å². The van der Waals surface area contributed by atoms with Crippen LogP contribution in [0.25, 0.3) is 0 Å². The van der Waals surface area contributed by atoms with Crippen molar-refractivity contribution in [1.82, 2.24) is 14.8 Å². The van der Waals surface area contributed by atoms with Crippen LogP contribution in [0.15, 0.2) is 24.5 Å². The van der Waals surface area contributed by atoms with Gasteiger partial charge in [-0.05, 0) is 36.5 Å². The number of anilines is 1. The van der Waals surface area contributed by atoms with Crippen LogP contribution in [-0.4, -0.2) is 21.4 Å². The summed E-state index contributed by atoms with van der Waals surface area (Å²) < 4.78 is 7.54. The van der Waals surface area contributed by atoms with Crippen molar-refractivity contribution in [3.05, 3.63) is 35.9 Å². The molecule has 114 valence electrons. The highest BCUT2D eigenvalue weighted by Crippen LogP contribution is 2.52. The van der Waals surface area contributed by atoms with Gasteiger partial charge in [-0.1, -0.05) is 12.8 Å². The van der Waals surface area contributed by atoms with Crippen LogP contribution < -0.4 is 10.5 Å². The van der Waals surface area contributed by atoms with Gasteiger partial charge in [0.25, 0.3) is 0 Å². The van der Waals surface area contributed by atoms with E-state index >= 15 is 0 Å². The Bertz CT molecular complexity index is 723. The molecule has 0 radical (unpaired) electrons. The van der Waals surface area contributed by atoms with E-state index in [-0.39, 0.29) is 12.0 Å². The highest BCUT2D eigenvalue weighted by molar-refractivity contribution is 5.52. The van der Waals surface area contributed by atoms with Crippen LogP contribution in [0.1, 0.15) is 31.2 Å². The molecular weight excluding hydrogens is 276 g/mol. The second kappa shape index (κ2) is 5.38. The van der Waals surface area contributed by atoms with Gasteiger partial charge in [0.15, 0.2) is 0 Å². The molecule has 0 amide bonds. The van der Waals surface area contributed by atoms with Crippen LogP contribution >= 0.6 is 0 Å². The van der Waals surface area contributed by atoms with Crippen LogP contribution in [0.5, 0.6) is 5.75 Å². The van der Waals surface area contributed by atoms with E-state index in [9.17, 15) is 0 Å². The first-order chi connectivity index (χ1) is 10.5. The average molecular weight is 296 g/mol. The Kier molecular flexibility index (Phi) is 3.53. The topological polar surface area (TPSA) is 66.0 Å². The maximum Gasteiger partial charge on any atom is 0.148 e. The van der Waals surface area contributed by atoms with Gasteiger partial charge in [-0.2, -0.15) is 0 Å². The maximum atomic E-state index is 6.06. The van der Waals surface area contributed by atoms with Crippen LogP contribution in [0.3, 0.4) is 0 Å². The smallest absolute Gasteiger partial charge is 0.148 e. The predicted molar refractivity (Wildman–Crippen MR) is 85.4 cm³/mol. The Balaban J connectivity index is 2.05. The van der Waals surface area contributed by atoms with E-state index in [0.717, 1.165) is 24.2 Å². The van der Waals surface area contributed by atoms with Crippen molar-refractivity contribution >= 4 is 5.69 Å². The Morgan fingerprint density at radius 2 is 2.23 bits per heavy atom. The standard InChI is InChI=1S/C17H20N4O/c1-4-5-22-15-7-13(6-14(18)8-15)17(9-12(2)10-17)16-20-19-11-21(16)3/h1,6-8,11-12H,5,9-10,18H2,2-3H3. The monoisotopic (exact) mass is 296 g/mol. The number of terminal acetylenes is 1. The van der Waals surface area contributed by atoms with Crippen molar-refractivity contribution < 1.29 is 4.74 Å². The molecule has 22 heavy (non-hydrogen) atoms. The first-order valence-electron chi connectivity index (χ1n) is 7.37. The van der Waals surface area contributed by atoms with Gasteiger partial charge in [-0.25, -0.2) is 0 Å². The van der Waals surface area contributed by atoms with Gasteiger partial charge in [0.05, 0.1) is 5.41 Å². The molecule has 1 saturated carbocycles. The molecule has 1 aromatic heterocycles. The van der Waals surface area contributed by atoms with Gasteiger partial charge in [0, 0.05) is 18.8 Å². The third-order valence-corrected chi connectivity index (χ3v) is 4.34. The van der Waals surface area contributed by atoms with Crippen LogP contribution in [0, 0.1) is 18.3 Å². The SMILES string of the molecule is C#CCOc1cc(N)cc(C2(c3nncn3C)CC(C)C2)c1. The minimum atomic E-state index is -0.145. The number of benzene rings is 1. The Hall–Kier alpha value is -2.48. The van der Waals surface area contributed by atoms with E-state index in [1.165, 1.54) is 0 Å². The van der Waals surface area contributed by atoms with Crippen molar-refractivity contribution in [2.75, 3.05) is 12.3 Å². The summed E-state index contributed by atoms with van der Waals surface area (Å²) >= 11 is 0. The normalized spacial score (nSPS) is 23.6. The van der Waals surface area contributed by atoms with Crippen LogP contribution in [-0.2, 0) is 12.5 Å². The number of nitrogens with two attached hydrogens (primary N) is 1. The van der Waals surface area contributed by atoms with Crippen molar-refractivity contribution in [2.24, 2.45) is 13.0 Å². The molecule has 3 rings (SSSR count). The summed E-state index contributed by atoms with van der Waals surface area (Å²) in [4.78, 5) is 0.